The quantitative estimate of drug-likeness (QED) is 0.876. The molecule has 0 bridgehead atoms. The van der Waals surface area contributed by atoms with Crippen molar-refractivity contribution in [2.24, 2.45) is 0 Å². The van der Waals surface area contributed by atoms with E-state index in [0.29, 0.717) is 6.42 Å². The second-order valence-electron chi connectivity index (χ2n) is 4.60. The van der Waals surface area contributed by atoms with Crippen molar-refractivity contribution >= 4 is 17.7 Å². The van der Waals surface area contributed by atoms with Crippen LogP contribution in [0.2, 0.25) is 0 Å². The number of benzene rings is 1. The summed E-state index contributed by atoms with van der Waals surface area (Å²) in [5.41, 5.74) is 2.86. The van der Waals surface area contributed by atoms with Crippen LogP contribution < -0.4 is 10.2 Å². The Hall–Kier alpha value is -2.04. The van der Waals surface area contributed by atoms with Crippen molar-refractivity contribution < 1.29 is 14.7 Å². The summed E-state index contributed by atoms with van der Waals surface area (Å²) in [5, 5.41) is 11.4. The molecule has 0 saturated heterocycles. The van der Waals surface area contributed by atoms with E-state index < -0.39 is 18.0 Å². The Morgan fingerprint density at radius 3 is 2.47 bits per heavy atom. The third kappa shape index (κ3) is 3.71. The zero-order valence-electron chi connectivity index (χ0n) is 11.7. The molecule has 0 spiro atoms. The molecule has 2 amide bonds. The zero-order valence-corrected chi connectivity index (χ0v) is 11.7. The smallest absolute Gasteiger partial charge is 0.326 e. The number of nitrogens with zero attached hydrogens (tertiary/aromatic N) is 1. The molecule has 0 heterocycles. The Labute approximate surface area is 113 Å². The Morgan fingerprint density at radius 1 is 1.37 bits per heavy atom. The number of carboxylic acid groups (broad SMARTS) is 1. The van der Waals surface area contributed by atoms with E-state index in [1.807, 2.05) is 32.0 Å². The molecule has 1 aromatic rings. The number of anilines is 1. The number of nitrogens with one attached hydrogen (secondary N) is 1. The largest absolute Gasteiger partial charge is 0.480 e. The summed E-state index contributed by atoms with van der Waals surface area (Å²) in [7, 11) is 1.63. The van der Waals surface area contributed by atoms with Gasteiger partial charge in [0.05, 0.1) is 0 Å². The van der Waals surface area contributed by atoms with Crippen LogP contribution in [0.25, 0.3) is 0 Å². The summed E-state index contributed by atoms with van der Waals surface area (Å²) in [6, 6.07) is 4.47. The lowest BCUT2D eigenvalue weighted by Crippen LogP contribution is -2.46. The number of urea groups is 1. The normalized spacial score (nSPS) is 11.8. The third-order valence-corrected chi connectivity index (χ3v) is 3.02. The van der Waals surface area contributed by atoms with Crippen LogP contribution in [0.15, 0.2) is 18.2 Å². The van der Waals surface area contributed by atoms with Crippen molar-refractivity contribution in [1.29, 1.82) is 0 Å². The molecule has 0 saturated carbocycles. The first-order valence-electron chi connectivity index (χ1n) is 6.21. The molecular formula is C14H20N2O3. The second kappa shape index (κ2) is 6.22. The monoisotopic (exact) mass is 264 g/mol. The van der Waals surface area contributed by atoms with Crippen molar-refractivity contribution in [3.63, 3.8) is 0 Å². The van der Waals surface area contributed by atoms with Crippen LogP contribution in [0.3, 0.4) is 0 Å². The summed E-state index contributed by atoms with van der Waals surface area (Å²) in [6.07, 6.45) is 0.349. The molecule has 0 aliphatic carbocycles. The molecule has 1 atom stereocenters. The number of carboxylic acids is 1. The molecule has 0 fully saturated rings. The Bertz CT molecular complexity index is 486. The summed E-state index contributed by atoms with van der Waals surface area (Å²) in [6.45, 7) is 5.62. The molecule has 0 radical (unpaired) electrons. The maximum Gasteiger partial charge on any atom is 0.326 e. The minimum Gasteiger partial charge on any atom is -0.480 e. The molecule has 0 aliphatic rings. The van der Waals surface area contributed by atoms with E-state index in [4.69, 9.17) is 5.11 Å². The predicted octanol–water partition coefficient (Wildman–Crippen LogP) is 2.31. The SMILES string of the molecule is CCC(NC(=O)N(C)c1ccc(C)cc1C)C(=O)O. The van der Waals surface area contributed by atoms with Crippen molar-refractivity contribution in [3.8, 4) is 0 Å². The minimum absolute atomic E-state index is 0.349. The number of hydrogen-bond acceptors (Lipinski definition) is 2. The van der Waals surface area contributed by atoms with Crippen LogP contribution in [-0.4, -0.2) is 30.2 Å². The average Bonchev–Trinajstić information content (AvgIpc) is 2.34. The fourth-order valence-corrected chi connectivity index (χ4v) is 1.88. The topological polar surface area (TPSA) is 69.6 Å². The first-order chi connectivity index (χ1) is 8.86. The molecule has 104 valence electrons. The molecule has 1 rings (SSSR count). The molecular weight excluding hydrogens is 244 g/mol. The Balaban J connectivity index is 2.84. The number of hydrogen-bond donors (Lipinski definition) is 2. The van der Waals surface area contributed by atoms with E-state index >= 15 is 0 Å². The first-order valence-corrected chi connectivity index (χ1v) is 6.21. The van der Waals surface area contributed by atoms with Crippen molar-refractivity contribution in [2.75, 3.05) is 11.9 Å². The zero-order chi connectivity index (χ0) is 14.6. The lowest BCUT2D eigenvalue weighted by atomic mass is 10.1. The Kier molecular flexibility index (Phi) is 4.92. The van der Waals surface area contributed by atoms with Gasteiger partial charge in [0.1, 0.15) is 6.04 Å². The van der Waals surface area contributed by atoms with E-state index in [1.54, 1.807) is 14.0 Å². The summed E-state index contributed by atoms with van der Waals surface area (Å²) >= 11 is 0. The van der Waals surface area contributed by atoms with E-state index in [-0.39, 0.29) is 0 Å². The van der Waals surface area contributed by atoms with Crippen LogP contribution in [0.5, 0.6) is 0 Å². The maximum absolute atomic E-state index is 12.0. The van der Waals surface area contributed by atoms with Crippen LogP contribution in [-0.2, 0) is 4.79 Å². The summed E-state index contributed by atoms with van der Waals surface area (Å²) in [5.74, 6) is -1.02. The molecule has 5 heteroatoms. The van der Waals surface area contributed by atoms with Gasteiger partial charge in [-0.25, -0.2) is 9.59 Å². The van der Waals surface area contributed by atoms with Gasteiger partial charge in [-0.2, -0.15) is 0 Å². The molecule has 5 nitrogen and oxygen atoms in total. The highest BCUT2D eigenvalue weighted by Gasteiger charge is 2.21. The van der Waals surface area contributed by atoms with Crippen molar-refractivity contribution in [1.82, 2.24) is 5.32 Å². The molecule has 0 aromatic heterocycles. The fraction of sp³-hybridized carbons (Fsp3) is 0.429. The number of aliphatic carboxylic acids is 1. The predicted molar refractivity (Wildman–Crippen MR) is 74.6 cm³/mol. The molecule has 1 unspecified atom stereocenters. The van der Waals surface area contributed by atoms with E-state index in [0.717, 1.165) is 16.8 Å². The van der Waals surface area contributed by atoms with Crippen LogP contribution in [0.4, 0.5) is 10.5 Å². The number of aryl methyl sites for hydroxylation is 2. The van der Waals surface area contributed by atoms with E-state index in [1.165, 1.54) is 4.90 Å². The van der Waals surface area contributed by atoms with Crippen LogP contribution >= 0.6 is 0 Å². The third-order valence-electron chi connectivity index (χ3n) is 3.02. The minimum atomic E-state index is -1.02. The highest BCUT2D eigenvalue weighted by atomic mass is 16.4. The van der Waals surface area contributed by atoms with Crippen molar-refractivity contribution in [2.45, 2.75) is 33.2 Å². The standard InChI is InChI=1S/C14H20N2O3/c1-5-11(13(17)18)15-14(19)16(4)12-7-6-9(2)8-10(12)3/h6-8,11H,5H2,1-4H3,(H,15,19)(H,17,18). The van der Waals surface area contributed by atoms with Gasteiger partial charge >= 0.3 is 12.0 Å². The van der Waals surface area contributed by atoms with Gasteiger partial charge in [0.25, 0.3) is 0 Å². The van der Waals surface area contributed by atoms with Gasteiger partial charge in [-0.1, -0.05) is 24.6 Å². The fourth-order valence-electron chi connectivity index (χ4n) is 1.88. The second-order valence-corrected chi connectivity index (χ2v) is 4.60. The number of carbonyl (C=O) groups excluding carboxylic acids is 1. The van der Waals surface area contributed by atoms with Gasteiger partial charge in [0, 0.05) is 12.7 Å². The van der Waals surface area contributed by atoms with E-state index in [9.17, 15) is 9.59 Å². The Morgan fingerprint density at radius 2 is 2.00 bits per heavy atom. The lowest BCUT2D eigenvalue weighted by molar-refractivity contribution is -0.139. The van der Waals surface area contributed by atoms with Gasteiger partial charge in [-0.15, -0.1) is 0 Å². The van der Waals surface area contributed by atoms with Gasteiger partial charge in [-0.05, 0) is 31.9 Å². The molecule has 0 aliphatic heterocycles. The molecule has 1 aromatic carbocycles. The number of carbonyl (C=O) groups is 2. The molecule has 2 N–H and O–H groups in total. The lowest BCUT2D eigenvalue weighted by Gasteiger charge is -2.22. The van der Waals surface area contributed by atoms with Gasteiger partial charge in [-0.3, -0.25) is 4.90 Å². The van der Waals surface area contributed by atoms with Crippen molar-refractivity contribution in [3.05, 3.63) is 29.3 Å². The highest BCUT2D eigenvalue weighted by molar-refractivity contribution is 5.94. The number of amides is 2. The van der Waals surface area contributed by atoms with E-state index in [2.05, 4.69) is 5.32 Å². The average molecular weight is 264 g/mol. The summed E-state index contributed by atoms with van der Waals surface area (Å²) in [4.78, 5) is 24.3. The van der Waals surface area contributed by atoms with Gasteiger partial charge in [0.15, 0.2) is 0 Å². The summed E-state index contributed by atoms with van der Waals surface area (Å²) < 4.78 is 0. The van der Waals surface area contributed by atoms with Gasteiger partial charge in [0.2, 0.25) is 0 Å². The van der Waals surface area contributed by atoms with Crippen LogP contribution in [0, 0.1) is 13.8 Å². The first kappa shape index (κ1) is 15.0. The molecule has 19 heavy (non-hydrogen) atoms. The van der Waals surface area contributed by atoms with Gasteiger partial charge < -0.3 is 10.4 Å². The number of rotatable bonds is 4. The maximum atomic E-state index is 12.0. The highest BCUT2D eigenvalue weighted by Crippen LogP contribution is 2.20. The van der Waals surface area contributed by atoms with Crippen LogP contribution in [0.1, 0.15) is 24.5 Å².